The van der Waals surface area contributed by atoms with E-state index in [0.29, 0.717) is 0 Å². The van der Waals surface area contributed by atoms with Gasteiger partial charge >= 0.3 is 0 Å². The third kappa shape index (κ3) is 3.10. The first-order valence-corrected chi connectivity index (χ1v) is 6.12. The summed E-state index contributed by atoms with van der Waals surface area (Å²) in [4.78, 5) is 23.9. The molecule has 0 aliphatic carbocycles. The van der Waals surface area contributed by atoms with E-state index in [4.69, 9.17) is 0 Å². The normalized spacial score (nSPS) is 11.9. The lowest BCUT2D eigenvalue weighted by atomic mass is 10.2. The zero-order valence-electron chi connectivity index (χ0n) is 11.0. The Morgan fingerprint density at radius 1 is 1.21 bits per heavy atom. The highest BCUT2D eigenvalue weighted by Crippen LogP contribution is 2.10. The molecule has 0 aliphatic rings. The number of pyridine rings is 1. The van der Waals surface area contributed by atoms with Crippen LogP contribution in [0.1, 0.15) is 18.5 Å². The van der Waals surface area contributed by atoms with Crippen LogP contribution in [0.5, 0.6) is 0 Å². The summed E-state index contributed by atoms with van der Waals surface area (Å²) >= 11 is 0. The summed E-state index contributed by atoms with van der Waals surface area (Å²) in [7, 11) is 0. The minimum absolute atomic E-state index is 0.171. The Hall–Kier alpha value is -2.36. The zero-order valence-corrected chi connectivity index (χ0v) is 11.0. The van der Waals surface area contributed by atoms with Crippen LogP contribution < -0.4 is 10.9 Å². The fourth-order valence-corrected chi connectivity index (χ4v) is 1.80. The van der Waals surface area contributed by atoms with Gasteiger partial charge in [-0.15, -0.1) is 0 Å². The van der Waals surface area contributed by atoms with Crippen molar-refractivity contribution in [3.63, 3.8) is 0 Å². The molecule has 1 atom stereocenters. The number of aryl methyl sites for hydroxylation is 1. The first-order valence-electron chi connectivity index (χ1n) is 6.12. The van der Waals surface area contributed by atoms with Gasteiger partial charge in [-0.25, -0.2) is 0 Å². The van der Waals surface area contributed by atoms with Gasteiger partial charge in [0.1, 0.15) is 6.04 Å². The number of nitrogens with one attached hydrogen (secondary N) is 1. The quantitative estimate of drug-likeness (QED) is 0.916. The van der Waals surface area contributed by atoms with Crippen LogP contribution >= 0.6 is 0 Å². The van der Waals surface area contributed by atoms with Crippen molar-refractivity contribution in [1.82, 2.24) is 4.57 Å². The molecule has 0 spiro atoms. The summed E-state index contributed by atoms with van der Waals surface area (Å²) in [5, 5.41) is 2.78. The number of nitrogens with zero attached hydrogens (tertiary/aromatic N) is 1. The maximum absolute atomic E-state index is 12.1. The van der Waals surface area contributed by atoms with Gasteiger partial charge in [0.2, 0.25) is 5.91 Å². The van der Waals surface area contributed by atoms with Crippen molar-refractivity contribution < 1.29 is 4.79 Å². The van der Waals surface area contributed by atoms with Gasteiger partial charge in [-0.05, 0) is 37.6 Å². The molecule has 0 saturated carbocycles. The van der Waals surface area contributed by atoms with Crippen molar-refractivity contribution >= 4 is 11.6 Å². The number of hydrogen-bond acceptors (Lipinski definition) is 2. The number of hydrogen-bond donors (Lipinski definition) is 1. The van der Waals surface area contributed by atoms with Crippen molar-refractivity contribution in [3.05, 3.63) is 64.6 Å². The van der Waals surface area contributed by atoms with Gasteiger partial charge in [0.25, 0.3) is 5.56 Å². The molecule has 0 aliphatic heterocycles. The number of amides is 1. The third-order valence-corrected chi connectivity index (χ3v) is 2.94. The summed E-state index contributed by atoms with van der Waals surface area (Å²) in [6.07, 6.45) is 1.65. The fourth-order valence-electron chi connectivity index (χ4n) is 1.80. The predicted octanol–water partition coefficient (Wildman–Crippen LogP) is 2.36. The first-order chi connectivity index (χ1) is 9.08. The average Bonchev–Trinajstić information content (AvgIpc) is 2.39. The molecule has 1 aromatic heterocycles. The van der Waals surface area contributed by atoms with Gasteiger partial charge in [0.05, 0.1) is 0 Å². The molecule has 1 heterocycles. The fraction of sp³-hybridized carbons (Fsp3) is 0.200. The maximum atomic E-state index is 12.1. The molecule has 4 nitrogen and oxygen atoms in total. The van der Waals surface area contributed by atoms with Crippen LogP contribution in [0.2, 0.25) is 0 Å². The van der Waals surface area contributed by atoms with Gasteiger partial charge in [-0.1, -0.05) is 18.2 Å². The number of benzene rings is 1. The third-order valence-electron chi connectivity index (χ3n) is 2.94. The molecule has 1 aromatic carbocycles. The molecular formula is C15H16N2O2. The van der Waals surface area contributed by atoms with Crippen molar-refractivity contribution in [2.24, 2.45) is 0 Å². The molecule has 0 radical (unpaired) electrons. The molecule has 0 saturated heterocycles. The summed E-state index contributed by atoms with van der Waals surface area (Å²) in [6.45, 7) is 3.55. The topological polar surface area (TPSA) is 51.1 Å². The van der Waals surface area contributed by atoms with E-state index >= 15 is 0 Å². The molecule has 98 valence electrons. The Balaban J connectivity index is 2.17. The molecule has 19 heavy (non-hydrogen) atoms. The van der Waals surface area contributed by atoms with Gasteiger partial charge in [-0.2, -0.15) is 0 Å². The molecule has 1 unspecified atom stereocenters. The lowest BCUT2D eigenvalue weighted by Crippen LogP contribution is -2.30. The minimum atomic E-state index is -0.548. The standard InChI is InChI=1S/C15H16N2O2/c1-11-8-9-17(14(18)10-11)12(2)15(19)16-13-6-4-3-5-7-13/h3-10,12H,1-2H3,(H,16,19). The highest BCUT2D eigenvalue weighted by molar-refractivity contribution is 5.93. The van der Waals surface area contributed by atoms with Crippen molar-refractivity contribution in [2.45, 2.75) is 19.9 Å². The molecule has 2 rings (SSSR count). The molecule has 2 aromatic rings. The molecule has 4 heteroatoms. The lowest BCUT2D eigenvalue weighted by molar-refractivity contribution is -0.118. The van der Waals surface area contributed by atoms with Gasteiger partial charge in [-0.3, -0.25) is 9.59 Å². The van der Waals surface area contributed by atoms with Crippen LogP contribution in [0.15, 0.2) is 53.5 Å². The smallest absolute Gasteiger partial charge is 0.251 e. The number of anilines is 1. The van der Waals surface area contributed by atoms with E-state index in [0.717, 1.165) is 11.3 Å². The van der Waals surface area contributed by atoms with E-state index in [1.807, 2.05) is 43.3 Å². The molecule has 1 amide bonds. The van der Waals surface area contributed by atoms with Crippen molar-refractivity contribution in [1.29, 1.82) is 0 Å². The average molecular weight is 256 g/mol. The van der Waals surface area contributed by atoms with E-state index < -0.39 is 6.04 Å². The van der Waals surface area contributed by atoms with Crippen LogP contribution in [0.3, 0.4) is 0 Å². The van der Waals surface area contributed by atoms with E-state index in [9.17, 15) is 9.59 Å². The van der Waals surface area contributed by atoms with Gasteiger partial charge in [0.15, 0.2) is 0 Å². The Bertz CT molecular complexity index is 632. The summed E-state index contributed by atoms with van der Waals surface area (Å²) in [5.74, 6) is -0.211. The number of carbonyl (C=O) groups is 1. The van der Waals surface area contributed by atoms with Crippen molar-refractivity contribution in [2.75, 3.05) is 5.32 Å². The van der Waals surface area contributed by atoms with Crippen molar-refractivity contribution in [3.8, 4) is 0 Å². The van der Waals surface area contributed by atoms with Crippen LogP contribution in [-0.2, 0) is 4.79 Å². The number of rotatable bonds is 3. The number of aromatic nitrogens is 1. The predicted molar refractivity (Wildman–Crippen MR) is 75.2 cm³/mol. The number of para-hydroxylation sites is 1. The monoisotopic (exact) mass is 256 g/mol. The van der Waals surface area contributed by atoms with E-state index in [2.05, 4.69) is 5.32 Å². The van der Waals surface area contributed by atoms with Crippen LogP contribution in [0.25, 0.3) is 0 Å². The second kappa shape index (κ2) is 5.52. The molecule has 1 N–H and O–H groups in total. The lowest BCUT2D eigenvalue weighted by Gasteiger charge is -2.15. The zero-order chi connectivity index (χ0) is 13.8. The highest BCUT2D eigenvalue weighted by atomic mass is 16.2. The largest absolute Gasteiger partial charge is 0.324 e. The van der Waals surface area contributed by atoms with E-state index in [1.165, 1.54) is 10.6 Å². The Morgan fingerprint density at radius 2 is 1.89 bits per heavy atom. The summed E-state index contributed by atoms with van der Waals surface area (Å²) in [5.41, 5.74) is 1.44. The number of carbonyl (C=O) groups excluding carboxylic acids is 1. The maximum Gasteiger partial charge on any atom is 0.251 e. The Labute approximate surface area is 111 Å². The van der Waals surface area contributed by atoms with Gasteiger partial charge in [0, 0.05) is 18.0 Å². The minimum Gasteiger partial charge on any atom is -0.324 e. The summed E-state index contributed by atoms with van der Waals surface area (Å²) < 4.78 is 1.42. The van der Waals surface area contributed by atoms with E-state index in [1.54, 1.807) is 13.1 Å². The highest BCUT2D eigenvalue weighted by Gasteiger charge is 2.15. The van der Waals surface area contributed by atoms with Gasteiger partial charge < -0.3 is 9.88 Å². The van der Waals surface area contributed by atoms with E-state index in [-0.39, 0.29) is 11.5 Å². The molecule has 0 fully saturated rings. The second-order valence-electron chi connectivity index (χ2n) is 4.48. The molecule has 0 bridgehead atoms. The van der Waals surface area contributed by atoms with Crippen LogP contribution in [-0.4, -0.2) is 10.5 Å². The second-order valence-corrected chi connectivity index (χ2v) is 4.48. The first kappa shape index (κ1) is 13.1. The summed E-state index contributed by atoms with van der Waals surface area (Å²) in [6, 6.07) is 12.0. The van der Waals surface area contributed by atoms with Crippen LogP contribution in [0.4, 0.5) is 5.69 Å². The SMILES string of the molecule is Cc1ccn(C(C)C(=O)Nc2ccccc2)c(=O)c1. The molecular weight excluding hydrogens is 240 g/mol. The Kier molecular flexibility index (Phi) is 3.80. The Morgan fingerprint density at radius 3 is 2.53 bits per heavy atom. The van der Waals surface area contributed by atoms with Crippen LogP contribution in [0, 0.1) is 6.92 Å².